The van der Waals surface area contributed by atoms with E-state index in [2.05, 4.69) is 4.98 Å². The van der Waals surface area contributed by atoms with E-state index in [0.717, 1.165) is 12.1 Å². The first-order valence-electron chi connectivity index (χ1n) is 2.63. The molecule has 0 bridgehead atoms. The van der Waals surface area contributed by atoms with E-state index in [9.17, 15) is 13.6 Å². The first kappa shape index (κ1) is 8.07. The lowest BCUT2D eigenvalue weighted by molar-refractivity contribution is 0.107. The van der Waals surface area contributed by atoms with Gasteiger partial charge in [-0.2, -0.15) is 4.39 Å². The lowest BCUT2D eigenvalue weighted by atomic mass is 10.4. The van der Waals surface area contributed by atoms with Gasteiger partial charge in [-0.1, -0.05) is 0 Å². The molecule has 1 heterocycles. The molecule has 58 valence electrons. The van der Waals surface area contributed by atoms with Crippen LogP contribution in [0.1, 0.15) is 10.5 Å². The fraction of sp³-hybridized carbons (Fsp3) is 0. The second kappa shape index (κ2) is 2.92. The number of hydrogen-bond acceptors (Lipinski definition) is 2. The van der Waals surface area contributed by atoms with Gasteiger partial charge in [-0.25, -0.2) is 9.37 Å². The van der Waals surface area contributed by atoms with Crippen LogP contribution in [0.15, 0.2) is 12.1 Å². The van der Waals surface area contributed by atoms with E-state index in [1.54, 1.807) is 0 Å². The molecule has 0 amide bonds. The standard InChI is InChI=1S/C6H2ClF2NO/c7-5(11)4-2-1-3(8)6(9)10-4/h1-2H. The molecule has 0 spiro atoms. The van der Waals surface area contributed by atoms with Crippen LogP contribution in [0.4, 0.5) is 8.78 Å². The molecule has 0 saturated carbocycles. The third kappa shape index (κ3) is 1.71. The maximum absolute atomic E-state index is 12.2. The van der Waals surface area contributed by atoms with Crippen molar-refractivity contribution in [1.82, 2.24) is 4.98 Å². The van der Waals surface area contributed by atoms with Crippen LogP contribution in [0, 0.1) is 11.8 Å². The van der Waals surface area contributed by atoms with Crippen LogP contribution < -0.4 is 0 Å². The molecule has 11 heavy (non-hydrogen) atoms. The zero-order valence-electron chi connectivity index (χ0n) is 5.14. The first-order chi connectivity index (χ1) is 5.11. The Morgan fingerprint density at radius 3 is 2.55 bits per heavy atom. The molecule has 5 heteroatoms. The summed E-state index contributed by atoms with van der Waals surface area (Å²) in [6.45, 7) is 0. The summed E-state index contributed by atoms with van der Waals surface area (Å²) in [6, 6.07) is 1.80. The van der Waals surface area contributed by atoms with Crippen molar-refractivity contribution in [3.8, 4) is 0 Å². The van der Waals surface area contributed by atoms with Crippen molar-refractivity contribution in [2.75, 3.05) is 0 Å². The minimum atomic E-state index is -1.32. The fourth-order valence-corrected chi connectivity index (χ4v) is 0.632. The second-order valence-corrected chi connectivity index (χ2v) is 2.09. The Hall–Kier alpha value is -1.03. The van der Waals surface area contributed by atoms with Crippen molar-refractivity contribution in [2.45, 2.75) is 0 Å². The Morgan fingerprint density at radius 2 is 2.09 bits per heavy atom. The fourth-order valence-electron chi connectivity index (χ4n) is 0.527. The Morgan fingerprint density at radius 1 is 1.45 bits per heavy atom. The molecular formula is C6H2ClF2NO. The molecule has 1 aromatic rings. The topological polar surface area (TPSA) is 30.0 Å². The Labute approximate surface area is 65.8 Å². The molecule has 0 saturated heterocycles. The van der Waals surface area contributed by atoms with Gasteiger partial charge < -0.3 is 0 Å². The van der Waals surface area contributed by atoms with Gasteiger partial charge in [0.2, 0.25) is 5.95 Å². The number of halogens is 3. The number of rotatable bonds is 1. The molecule has 0 aromatic carbocycles. The number of nitrogens with zero attached hydrogens (tertiary/aromatic N) is 1. The van der Waals surface area contributed by atoms with Crippen molar-refractivity contribution < 1.29 is 13.6 Å². The molecule has 1 aromatic heterocycles. The molecule has 0 radical (unpaired) electrons. The molecular weight excluding hydrogens is 176 g/mol. The summed E-state index contributed by atoms with van der Waals surface area (Å²) >= 11 is 4.94. The molecule has 0 unspecified atom stereocenters. The van der Waals surface area contributed by atoms with Crippen molar-refractivity contribution in [3.63, 3.8) is 0 Å². The van der Waals surface area contributed by atoms with Crippen molar-refractivity contribution in [1.29, 1.82) is 0 Å². The van der Waals surface area contributed by atoms with Gasteiger partial charge in [0.1, 0.15) is 5.69 Å². The Bertz CT molecular complexity index is 303. The van der Waals surface area contributed by atoms with Gasteiger partial charge in [0, 0.05) is 0 Å². The molecule has 1 rings (SSSR count). The molecule has 0 fully saturated rings. The molecule has 0 aliphatic heterocycles. The average molecular weight is 178 g/mol. The van der Waals surface area contributed by atoms with Crippen LogP contribution in [0.2, 0.25) is 0 Å². The Balaban J connectivity index is 3.15. The third-order valence-corrected chi connectivity index (χ3v) is 1.20. The van der Waals surface area contributed by atoms with Gasteiger partial charge in [0.25, 0.3) is 5.24 Å². The zero-order valence-corrected chi connectivity index (χ0v) is 5.90. The van der Waals surface area contributed by atoms with E-state index in [4.69, 9.17) is 11.6 Å². The number of carbonyl (C=O) groups excluding carboxylic acids is 1. The van der Waals surface area contributed by atoms with Crippen LogP contribution in [0.3, 0.4) is 0 Å². The van der Waals surface area contributed by atoms with Gasteiger partial charge in [0.05, 0.1) is 0 Å². The van der Waals surface area contributed by atoms with E-state index in [-0.39, 0.29) is 5.69 Å². The van der Waals surface area contributed by atoms with Crippen molar-refractivity contribution in [3.05, 3.63) is 29.6 Å². The summed E-state index contributed by atoms with van der Waals surface area (Å²) in [5, 5.41) is -0.913. The molecule has 2 nitrogen and oxygen atoms in total. The van der Waals surface area contributed by atoms with Crippen molar-refractivity contribution >= 4 is 16.8 Å². The number of pyridine rings is 1. The summed E-state index contributed by atoms with van der Waals surface area (Å²) < 4.78 is 24.4. The molecule has 0 aliphatic rings. The van der Waals surface area contributed by atoms with Gasteiger partial charge in [-0.15, -0.1) is 0 Å². The summed E-state index contributed by atoms with van der Waals surface area (Å²) in [5.74, 6) is -2.43. The number of carbonyl (C=O) groups is 1. The first-order valence-corrected chi connectivity index (χ1v) is 3.01. The van der Waals surface area contributed by atoms with Crippen LogP contribution in [-0.4, -0.2) is 10.2 Å². The van der Waals surface area contributed by atoms with Crippen LogP contribution in [0.5, 0.6) is 0 Å². The predicted molar refractivity (Wildman–Crippen MR) is 34.3 cm³/mol. The van der Waals surface area contributed by atoms with Gasteiger partial charge in [-0.3, -0.25) is 4.79 Å². The third-order valence-electron chi connectivity index (χ3n) is 1.00. The number of aromatic nitrogens is 1. The average Bonchev–Trinajstić information content (AvgIpc) is 1.94. The monoisotopic (exact) mass is 177 g/mol. The van der Waals surface area contributed by atoms with Gasteiger partial charge in [0.15, 0.2) is 5.82 Å². The minimum Gasteiger partial charge on any atom is -0.274 e. The molecule has 0 aliphatic carbocycles. The van der Waals surface area contributed by atoms with E-state index in [1.807, 2.05) is 0 Å². The highest BCUT2D eigenvalue weighted by Gasteiger charge is 2.07. The SMILES string of the molecule is O=C(Cl)c1ccc(F)c(F)n1. The molecule has 0 atom stereocenters. The van der Waals surface area contributed by atoms with Crippen LogP contribution in [-0.2, 0) is 0 Å². The van der Waals surface area contributed by atoms with Crippen molar-refractivity contribution in [2.24, 2.45) is 0 Å². The van der Waals surface area contributed by atoms with Gasteiger partial charge in [-0.05, 0) is 23.7 Å². The quantitative estimate of drug-likeness (QED) is 0.483. The van der Waals surface area contributed by atoms with E-state index >= 15 is 0 Å². The highest BCUT2D eigenvalue weighted by Crippen LogP contribution is 2.05. The highest BCUT2D eigenvalue weighted by atomic mass is 35.5. The van der Waals surface area contributed by atoms with Crippen LogP contribution in [0.25, 0.3) is 0 Å². The lowest BCUT2D eigenvalue weighted by Gasteiger charge is -1.92. The largest absolute Gasteiger partial charge is 0.274 e. The second-order valence-electron chi connectivity index (χ2n) is 1.74. The summed E-state index contributed by atoms with van der Waals surface area (Å²) in [4.78, 5) is 13.3. The summed E-state index contributed by atoms with van der Waals surface area (Å²) in [7, 11) is 0. The summed E-state index contributed by atoms with van der Waals surface area (Å²) in [5.41, 5.74) is -0.300. The maximum atomic E-state index is 12.2. The van der Waals surface area contributed by atoms with E-state index in [0.29, 0.717) is 0 Å². The molecule has 0 N–H and O–H groups in total. The van der Waals surface area contributed by atoms with Crippen LogP contribution >= 0.6 is 11.6 Å². The van der Waals surface area contributed by atoms with E-state index < -0.39 is 17.0 Å². The number of hydrogen-bond donors (Lipinski definition) is 0. The predicted octanol–water partition coefficient (Wildman–Crippen LogP) is 1.74. The Kier molecular flexibility index (Phi) is 2.14. The maximum Gasteiger partial charge on any atom is 0.270 e. The highest BCUT2D eigenvalue weighted by molar-refractivity contribution is 6.67. The van der Waals surface area contributed by atoms with Gasteiger partial charge >= 0.3 is 0 Å². The van der Waals surface area contributed by atoms with E-state index in [1.165, 1.54) is 0 Å². The normalized spacial score (nSPS) is 9.73. The summed E-state index contributed by atoms with van der Waals surface area (Å²) in [6.07, 6.45) is 0. The minimum absolute atomic E-state index is 0.300. The lowest BCUT2D eigenvalue weighted by Crippen LogP contribution is -1.98. The zero-order chi connectivity index (χ0) is 8.43. The smallest absolute Gasteiger partial charge is 0.270 e.